The molecule has 0 unspecified atom stereocenters. The van der Waals surface area contributed by atoms with Crippen molar-refractivity contribution in [3.05, 3.63) is 52.2 Å². The van der Waals surface area contributed by atoms with Crippen molar-refractivity contribution in [2.24, 2.45) is 0 Å². The number of imidazole rings is 1. The number of ether oxygens (including phenoxy) is 1. The average molecular weight is 290 g/mol. The van der Waals surface area contributed by atoms with Crippen molar-refractivity contribution in [3.63, 3.8) is 0 Å². The van der Waals surface area contributed by atoms with Gasteiger partial charge in [0.1, 0.15) is 19.3 Å². The topological polar surface area (TPSA) is 100 Å². The van der Waals surface area contributed by atoms with Gasteiger partial charge in [-0.3, -0.25) is 9.78 Å². The van der Waals surface area contributed by atoms with Crippen LogP contribution in [0.15, 0.2) is 30.7 Å². The first kappa shape index (κ1) is 14.6. The molecule has 8 nitrogen and oxygen atoms in total. The fraction of sp³-hybridized carbons (Fsp3) is 0.308. The fourth-order valence-electron chi connectivity index (χ4n) is 1.85. The Labute approximate surface area is 120 Å². The molecule has 0 atom stereocenters. The van der Waals surface area contributed by atoms with E-state index in [4.69, 9.17) is 4.74 Å². The standard InChI is InChI=1S/C13H14N4O4/c1-10-15-9-12(17(19)20)16(10)5-6-21-13(18)7-11-3-2-4-14-8-11/h2-4,8-9H,5-7H2,1H3. The van der Waals surface area contributed by atoms with E-state index in [-0.39, 0.29) is 25.4 Å². The predicted molar refractivity (Wildman–Crippen MR) is 72.5 cm³/mol. The van der Waals surface area contributed by atoms with Crippen molar-refractivity contribution in [1.29, 1.82) is 0 Å². The van der Waals surface area contributed by atoms with Crippen molar-refractivity contribution in [2.75, 3.05) is 6.61 Å². The molecule has 0 aromatic carbocycles. The first-order valence-corrected chi connectivity index (χ1v) is 6.29. The molecule has 0 N–H and O–H groups in total. The molecular formula is C13H14N4O4. The third kappa shape index (κ3) is 3.85. The number of carbonyl (C=O) groups excluding carboxylic acids is 1. The maximum Gasteiger partial charge on any atom is 0.342 e. The fourth-order valence-corrected chi connectivity index (χ4v) is 1.85. The van der Waals surface area contributed by atoms with Gasteiger partial charge in [0.25, 0.3) is 0 Å². The summed E-state index contributed by atoms with van der Waals surface area (Å²) in [6, 6.07) is 3.51. The number of pyridine rings is 1. The van der Waals surface area contributed by atoms with E-state index in [0.29, 0.717) is 5.82 Å². The lowest BCUT2D eigenvalue weighted by Crippen LogP contribution is -2.15. The van der Waals surface area contributed by atoms with Crippen LogP contribution in [0, 0.1) is 17.0 Å². The minimum atomic E-state index is -0.516. The molecule has 2 aromatic rings. The minimum Gasteiger partial charge on any atom is -0.461 e. The molecule has 0 saturated carbocycles. The van der Waals surface area contributed by atoms with Gasteiger partial charge in [0, 0.05) is 19.3 Å². The third-order valence-electron chi connectivity index (χ3n) is 2.87. The zero-order valence-electron chi connectivity index (χ0n) is 11.4. The Bertz CT molecular complexity index is 639. The zero-order chi connectivity index (χ0) is 15.2. The van der Waals surface area contributed by atoms with Crippen LogP contribution in [0.25, 0.3) is 0 Å². The van der Waals surface area contributed by atoms with Crippen molar-refractivity contribution in [3.8, 4) is 0 Å². The first-order valence-electron chi connectivity index (χ1n) is 6.29. The summed E-state index contributed by atoms with van der Waals surface area (Å²) >= 11 is 0. The van der Waals surface area contributed by atoms with Gasteiger partial charge in [-0.1, -0.05) is 6.07 Å². The Morgan fingerprint density at radius 1 is 1.48 bits per heavy atom. The highest BCUT2D eigenvalue weighted by Gasteiger charge is 2.17. The molecule has 21 heavy (non-hydrogen) atoms. The smallest absolute Gasteiger partial charge is 0.342 e. The van der Waals surface area contributed by atoms with Gasteiger partial charge in [-0.2, -0.15) is 0 Å². The summed E-state index contributed by atoms with van der Waals surface area (Å²) in [5.74, 6) is -0.00996. The number of hydrogen-bond acceptors (Lipinski definition) is 6. The maximum atomic E-state index is 11.6. The van der Waals surface area contributed by atoms with Gasteiger partial charge in [-0.05, 0) is 16.6 Å². The summed E-state index contributed by atoms with van der Waals surface area (Å²) in [7, 11) is 0. The predicted octanol–water partition coefficient (Wildman–Crippen LogP) is 1.28. The van der Waals surface area contributed by atoms with Crippen LogP contribution in [0.2, 0.25) is 0 Å². The van der Waals surface area contributed by atoms with Gasteiger partial charge < -0.3 is 14.9 Å². The molecule has 0 aliphatic heterocycles. The van der Waals surface area contributed by atoms with Crippen LogP contribution in [0.1, 0.15) is 11.4 Å². The van der Waals surface area contributed by atoms with E-state index >= 15 is 0 Å². The molecule has 0 aliphatic carbocycles. The molecule has 8 heteroatoms. The number of aromatic nitrogens is 3. The molecule has 0 fully saturated rings. The summed E-state index contributed by atoms with van der Waals surface area (Å²) in [5, 5.41) is 10.8. The molecular weight excluding hydrogens is 276 g/mol. The highest BCUT2D eigenvalue weighted by atomic mass is 16.6. The van der Waals surface area contributed by atoms with Crippen LogP contribution in [-0.2, 0) is 22.5 Å². The van der Waals surface area contributed by atoms with E-state index < -0.39 is 10.9 Å². The lowest BCUT2D eigenvalue weighted by molar-refractivity contribution is -0.392. The normalized spacial score (nSPS) is 10.3. The molecule has 0 amide bonds. The number of carbonyl (C=O) groups is 1. The van der Waals surface area contributed by atoms with Crippen LogP contribution >= 0.6 is 0 Å². The molecule has 0 saturated heterocycles. The van der Waals surface area contributed by atoms with E-state index in [1.54, 1.807) is 31.5 Å². The average Bonchev–Trinajstić information content (AvgIpc) is 2.81. The van der Waals surface area contributed by atoms with E-state index in [0.717, 1.165) is 5.56 Å². The molecule has 0 spiro atoms. The number of rotatable bonds is 6. The quantitative estimate of drug-likeness (QED) is 0.451. The van der Waals surface area contributed by atoms with E-state index in [2.05, 4.69) is 9.97 Å². The van der Waals surface area contributed by atoms with Crippen molar-refractivity contribution in [2.45, 2.75) is 19.9 Å². The Morgan fingerprint density at radius 3 is 2.95 bits per heavy atom. The van der Waals surface area contributed by atoms with Gasteiger partial charge in [0.15, 0.2) is 5.82 Å². The highest BCUT2D eigenvalue weighted by molar-refractivity contribution is 5.72. The van der Waals surface area contributed by atoms with Gasteiger partial charge in [-0.15, -0.1) is 0 Å². The van der Waals surface area contributed by atoms with Gasteiger partial charge in [0.2, 0.25) is 0 Å². The summed E-state index contributed by atoms with van der Waals surface area (Å²) in [5.41, 5.74) is 0.757. The molecule has 2 heterocycles. The van der Waals surface area contributed by atoms with E-state index in [1.807, 2.05) is 0 Å². The maximum absolute atomic E-state index is 11.6. The SMILES string of the molecule is Cc1ncc([N+](=O)[O-])n1CCOC(=O)Cc1cccnc1. The molecule has 2 aromatic heterocycles. The lowest BCUT2D eigenvalue weighted by atomic mass is 10.2. The first-order chi connectivity index (χ1) is 10.1. The zero-order valence-corrected chi connectivity index (χ0v) is 11.4. The van der Waals surface area contributed by atoms with Crippen LogP contribution in [0.4, 0.5) is 5.82 Å². The van der Waals surface area contributed by atoms with Crippen LogP contribution in [0.3, 0.4) is 0 Å². The van der Waals surface area contributed by atoms with Crippen LogP contribution in [-0.4, -0.2) is 32.0 Å². The van der Waals surface area contributed by atoms with Gasteiger partial charge in [0.05, 0.1) is 6.42 Å². The number of aryl methyl sites for hydroxylation is 1. The van der Waals surface area contributed by atoms with Gasteiger partial charge >= 0.3 is 11.8 Å². The molecule has 2 rings (SSSR count). The third-order valence-corrected chi connectivity index (χ3v) is 2.87. The number of nitrogens with zero attached hydrogens (tertiary/aromatic N) is 4. The van der Waals surface area contributed by atoms with E-state index in [9.17, 15) is 14.9 Å². The Kier molecular flexibility index (Phi) is 4.60. The Morgan fingerprint density at radius 2 is 2.29 bits per heavy atom. The summed E-state index contributed by atoms with van der Waals surface area (Å²) < 4.78 is 6.47. The van der Waals surface area contributed by atoms with Crippen LogP contribution in [0.5, 0.6) is 0 Å². The molecule has 0 radical (unpaired) electrons. The Hall–Kier alpha value is -2.77. The second kappa shape index (κ2) is 6.60. The second-order valence-corrected chi connectivity index (χ2v) is 4.33. The van der Waals surface area contributed by atoms with E-state index in [1.165, 1.54) is 10.8 Å². The van der Waals surface area contributed by atoms with Crippen molar-refractivity contribution >= 4 is 11.8 Å². The van der Waals surface area contributed by atoms with Crippen molar-refractivity contribution < 1.29 is 14.5 Å². The molecule has 0 bridgehead atoms. The molecule has 0 aliphatic rings. The minimum absolute atomic E-state index is 0.0527. The monoisotopic (exact) mass is 290 g/mol. The summed E-state index contributed by atoms with van der Waals surface area (Å²) in [6.07, 6.45) is 4.52. The number of nitro groups is 1. The second-order valence-electron chi connectivity index (χ2n) is 4.33. The number of esters is 1. The summed E-state index contributed by atoms with van der Waals surface area (Å²) in [6.45, 7) is 1.91. The van der Waals surface area contributed by atoms with Crippen molar-refractivity contribution in [1.82, 2.24) is 14.5 Å². The lowest BCUT2D eigenvalue weighted by Gasteiger charge is -2.05. The van der Waals surface area contributed by atoms with Crippen LogP contribution < -0.4 is 0 Å². The number of hydrogen-bond donors (Lipinski definition) is 0. The molecule has 110 valence electrons. The largest absolute Gasteiger partial charge is 0.461 e. The summed E-state index contributed by atoms with van der Waals surface area (Å²) in [4.78, 5) is 29.7. The highest BCUT2D eigenvalue weighted by Crippen LogP contribution is 2.13. The Balaban J connectivity index is 1.86. The van der Waals surface area contributed by atoms with Gasteiger partial charge in [-0.25, -0.2) is 9.55 Å².